The maximum Gasteiger partial charge on any atom is 0.230 e. The van der Waals surface area contributed by atoms with E-state index in [0.29, 0.717) is 24.7 Å². The Hall–Kier alpha value is -3.10. The van der Waals surface area contributed by atoms with Gasteiger partial charge in [-0.25, -0.2) is 9.97 Å². The molecule has 1 aromatic carbocycles. The highest BCUT2D eigenvalue weighted by Gasteiger charge is 2.19. The Morgan fingerprint density at radius 1 is 0.941 bits per heavy atom. The fourth-order valence-corrected chi connectivity index (χ4v) is 4.79. The number of carbonyl (C=O) groups is 1. The Morgan fingerprint density at radius 3 is 2.74 bits per heavy atom. The number of nitrogens with zero attached hydrogens (tertiary/aromatic N) is 5. The summed E-state index contributed by atoms with van der Waals surface area (Å²) in [5.74, 6) is 1.38. The van der Waals surface area contributed by atoms with Crippen molar-refractivity contribution in [1.82, 2.24) is 30.1 Å². The number of allylic oxidation sites excluding steroid dienone is 2. The third kappa shape index (κ3) is 6.07. The molecule has 8 nitrogen and oxygen atoms in total. The number of nitrogens with one attached hydrogen (secondary N) is 2. The van der Waals surface area contributed by atoms with Crippen molar-refractivity contribution in [2.75, 3.05) is 51.1 Å². The predicted octanol–water partition coefficient (Wildman–Crippen LogP) is 2.62. The summed E-state index contributed by atoms with van der Waals surface area (Å²) in [5.41, 5.74) is 4.67. The second kappa shape index (κ2) is 10.9. The molecule has 6 rings (SSSR count). The largest absolute Gasteiger partial charge is 0.356 e. The number of aromatic nitrogens is 3. The molecule has 1 aliphatic carbocycles. The highest BCUT2D eigenvalue weighted by Crippen LogP contribution is 2.22. The lowest BCUT2D eigenvalue weighted by Gasteiger charge is -2.35. The number of amides is 1. The van der Waals surface area contributed by atoms with Gasteiger partial charge in [-0.15, -0.1) is 0 Å². The summed E-state index contributed by atoms with van der Waals surface area (Å²) < 4.78 is 0. The summed E-state index contributed by atoms with van der Waals surface area (Å²) in [5, 5.41) is 6.48. The number of carbonyl (C=O) groups excluding carboxylic acids is 1. The molecule has 1 saturated heterocycles. The van der Waals surface area contributed by atoms with Crippen molar-refractivity contribution in [3.63, 3.8) is 0 Å². The second-order valence-corrected chi connectivity index (χ2v) is 9.28. The molecule has 178 valence electrons. The molecular formula is C26H33N7O. The Labute approximate surface area is 201 Å². The molecule has 4 heterocycles. The van der Waals surface area contributed by atoms with E-state index in [1.54, 1.807) is 6.33 Å². The Morgan fingerprint density at radius 2 is 1.82 bits per heavy atom. The summed E-state index contributed by atoms with van der Waals surface area (Å²) in [6.45, 7) is 6.65. The highest BCUT2D eigenvalue weighted by atomic mass is 16.1. The van der Waals surface area contributed by atoms with Gasteiger partial charge < -0.3 is 15.5 Å². The summed E-state index contributed by atoms with van der Waals surface area (Å²) in [6.07, 6.45) is 10.5. The van der Waals surface area contributed by atoms with Crippen LogP contribution in [0, 0.1) is 0 Å². The first kappa shape index (κ1) is 22.7. The number of anilines is 1. The van der Waals surface area contributed by atoms with Gasteiger partial charge in [-0.1, -0.05) is 29.8 Å². The van der Waals surface area contributed by atoms with Crippen LogP contribution in [0.4, 0.5) is 5.95 Å². The van der Waals surface area contributed by atoms with Crippen molar-refractivity contribution < 1.29 is 4.79 Å². The van der Waals surface area contributed by atoms with Crippen LogP contribution in [0.3, 0.4) is 0 Å². The van der Waals surface area contributed by atoms with Crippen LogP contribution in [-0.2, 0) is 11.2 Å². The summed E-state index contributed by atoms with van der Waals surface area (Å²) >= 11 is 0. The molecule has 1 fully saturated rings. The van der Waals surface area contributed by atoms with Gasteiger partial charge in [0, 0.05) is 63.5 Å². The quantitative estimate of drug-likeness (QED) is 0.626. The Bertz CT molecular complexity index is 1070. The molecular weight excluding hydrogens is 426 g/mol. The van der Waals surface area contributed by atoms with Gasteiger partial charge in [0.15, 0.2) is 5.82 Å². The molecule has 2 aromatic rings. The molecule has 1 amide bonds. The minimum Gasteiger partial charge on any atom is -0.356 e. The minimum atomic E-state index is 0.148. The first-order valence-corrected chi connectivity index (χ1v) is 12.4. The Kier molecular flexibility index (Phi) is 7.26. The van der Waals surface area contributed by atoms with Crippen LogP contribution in [-0.4, -0.2) is 76.5 Å². The number of piperazine rings is 1. The monoisotopic (exact) mass is 459 g/mol. The van der Waals surface area contributed by atoms with E-state index in [9.17, 15) is 4.79 Å². The average molecular weight is 460 g/mol. The molecule has 0 atom stereocenters. The van der Waals surface area contributed by atoms with Gasteiger partial charge in [0.1, 0.15) is 6.33 Å². The standard InChI is InChI=1S/C26H33N7O/c34-24-9-11-32-12-14-33(15-13-32)18-21-5-2-8-23(17-21)30-26-29-19-28-25(31-26)22-7-1-4-20(16-22)6-3-10-27-24/h1,4,7-8,16-17,19H,2-3,5-6,9-15,18H2,(H,27,34)(H,28,29,30,31). The van der Waals surface area contributed by atoms with Crippen molar-refractivity contribution in [3.8, 4) is 11.4 Å². The van der Waals surface area contributed by atoms with Crippen LogP contribution in [0.15, 0.2) is 54.0 Å². The van der Waals surface area contributed by atoms with E-state index >= 15 is 0 Å². The lowest BCUT2D eigenvalue weighted by Crippen LogP contribution is -2.47. The van der Waals surface area contributed by atoms with Gasteiger partial charge in [-0.2, -0.15) is 4.98 Å². The van der Waals surface area contributed by atoms with E-state index in [-0.39, 0.29) is 5.91 Å². The van der Waals surface area contributed by atoms with Crippen LogP contribution >= 0.6 is 0 Å². The van der Waals surface area contributed by atoms with Crippen LogP contribution in [0.25, 0.3) is 11.4 Å². The molecule has 1 aromatic heterocycles. The summed E-state index contributed by atoms with van der Waals surface area (Å²) in [4.78, 5) is 30.7. The second-order valence-electron chi connectivity index (χ2n) is 9.28. The van der Waals surface area contributed by atoms with Crippen molar-refractivity contribution in [3.05, 3.63) is 59.6 Å². The average Bonchev–Trinajstić information content (AvgIpc) is 2.86. The number of aryl methyl sites for hydroxylation is 1. The normalized spacial score (nSPS) is 23.9. The predicted molar refractivity (Wildman–Crippen MR) is 133 cm³/mol. The highest BCUT2D eigenvalue weighted by molar-refractivity contribution is 5.76. The van der Waals surface area contributed by atoms with Crippen LogP contribution in [0.2, 0.25) is 0 Å². The van der Waals surface area contributed by atoms with Gasteiger partial charge in [-0.3, -0.25) is 9.69 Å². The first-order valence-electron chi connectivity index (χ1n) is 12.4. The third-order valence-corrected chi connectivity index (χ3v) is 6.71. The number of rotatable bonds is 0. The molecule has 2 N–H and O–H groups in total. The molecule has 8 heteroatoms. The van der Waals surface area contributed by atoms with Crippen LogP contribution in [0.1, 0.15) is 31.2 Å². The number of fused-ring (bicyclic) bond motifs is 8. The number of hydrogen-bond donors (Lipinski definition) is 2. The Balaban J connectivity index is 1.36. The number of benzene rings is 1. The van der Waals surface area contributed by atoms with Gasteiger partial charge in [0.25, 0.3) is 0 Å². The van der Waals surface area contributed by atoms with E-state index in [4.69, 9.17) is 0 Å². The maximum atomic E-state index is 12.3. The van der Waals surface area contributed by atoms with E-state index in [1.165, 1.54) is 11.1 Å². The lowest BCUT2D eigenvalue weighted by molar-refractivity contribution is -0.121. The zero-order valence-electron chi connectivity index (χ0n) is 19.7. The SMILES string of the molecule is O=C1CCN2CCN(CC2)CC2=CC(=CCC2)Nc2ncnc(n2)-c2cccc(c2)CCCN1. The van der Waals surface area contributed by atoms with Gasteiger partial charge >= 0.3 is 0 Å². The molecule has 3 aliphatic heterocycles. The van der Waals surface area contributed by atoms with E-state index < -0.39 is 0 Å². The van der Waals surface area contributed by atoms with E-state index in [2.05, 4.69) is 59.7 Å². The van der Waals surface area contributed by atoms with E-state index in [0.717, 1.165) is 76.2 Å². The third-order valence-electron chi connectivity index (χ3n) is 6.71. The van der Waals surface area contributed by atoms with Crippen molar-refractivity contribution in [1.29, 1.82) is 0 Å². The smallest absolute Gasteiger partial charge is 0.230 e. The lowest BCUT2D eigenvalue weighted by atomic mass is 10.0. The summed E-state index contributed by atoms with van der Waals surface area (Å²) in [7, 11) is 0. The van der Waals surface area contributed by atoms with Crippen LogP contribution in [0.5, 0.6) is 0 Å². The molecule has 34 heavy (non-hydrogen) atoms. The summed E-state index contributed by atoms with van der Waals surface area (Å²) in [6, 6.07) is 8.31. The first-order chi connectivity index (χ1) is 16.7. The molecule has 0 unspecified atom stereocenters. The molecule has 0 saturated carbocycles. The van der Waals surface area contributed by atoms with E-state index in [1.807, 2.05) is 12.1 Å². The van der Waals surface area contributed by atoms with Gasteiger partial charge in [0.2, 0.25) is 11.9 Å². The molecule has 8 bridgehead atoms. The van der Waals surface area contributed by atoms with Crippen LogP contribution < -0.4 is 10.6 Å². The zero-order valence-corrected chi connectivity index (χ0v) is 19.7. The molecule has 0 radical (unpaired) electrons. The zero-order chi connectivity index (χ0) is 23.2. The van der Waals surface area contributed by atoms with Gasteiger partial charge in [0.05, 0.1) is 0 Å². The molecule has 4 aliphatic rings. The van der Waals surface area contributed by atoms with Crippen molar-refractivity contribution in [2.24, 2.45) is 0 Å². The number of hydrogen-bond acceptors (Lipinski definition) is 7. The van der Waals surface area contributed by atoms with Gasteiger partial charge in [-0.05, 0) is 43.4 Å². The fourth-order valence-electron chi connectivity index (χ4n) is 4.79. The maximum absolute atomic E-state index is 12.3. The topological polar surface area (TPSA) is 86.3 Å². The van der Waals surface area contributed by atoms with Crippen molar-refractivity contribution >= 4 is 11.9 Å². The van der Waals surface area contributed by atoms with Crippen molar-refractivity contribution in [2.45, 2.75) is 32.1 Å². The molecule has 0 spiro atoms. The fraction of sp³-hybridized carbons (Fsp3) is 0.462. The minimum absolute atomic E-state index is 0.148.